The number of thioether (sulfide) groups is 1. The van der Waals surface area contributed by atoms with Crippen molar-refractivity contribution in [3.05, 3.63) is 56.7 Å². The van der Waals surface area contributed by atoms with Gasteiger partial charge < -0.3 is 20.3 Å². The van der Waals surface area contributed by atoms with Crippen molar-refractivity contribution in [2.45, 2.75) is 68.4 Å². The molecule has 0 aliphatic carbocycles. The van der Waals surface area contributed by atoms with Crippen LogP contribution in [0, 0.1) is 17.1 Å². The van der Waals surface area contributed by atoms with Gasteiger partial charge in [-0.05, 0) is 43.9 Å². The molecule has 3 unspecified atom stereocenters. The summed E-state index contributed by atoms with van der Waals surface area (Å²) in [4.78, 5) is 28.0. The number of nitrogens with two attached hydrogens (primary N) is 1. The molecule has 1 aromatic carbocycles. The molecule has 8 rings (SSSR count). The smallest absolute Gasteiger partial charge is 0.318 e. The fraction of sp³-hybridized carbons (Fsp3) is 0.500. The summed E-state index contributed by atoms with van der Waals surface area (Å²) >= 11 is 9.50. The fourth-order valence-corrected chi connectivity index (χ4v) is 9.96. The van der Waals surface area contributed by atoms with Crippen molar-refractivity contribution < 1.29 is 18.3 Å². The molecule has 0 radical (unpaired) electrons. The topological polar surface area (TPSA) is 129 Å². The number of nitriles is 1. The van der Waals surface area contributed by atoms with E-state index in [9.17, 15) is 18.8 Å². The molecule has 4 aliphatic rings. The molecule has 7 heterocycles. The number of thiophene rings is 1. The standard InChI is InChI=1S/C27H26ClFN8O2S2.C7H12FN/c1-35(2)26(38)22-21(28)18-11-36(7-4-8-37(18)34-22)25-15-12-40-19(9-17(15)32-27(33-25)39-3)13-5-6-16(29)23-20(13)14(10-30)24(31)41-23;8-6-4-7-2-1-3-9(7)5-6/h5-6,19H,4,7-9,11-12,31H2,1-3H3;6-7H,1-5H2. The number of anilines is 2. The number of carbonyl (C=O) groups is 1. The molecule has 4 aliphatic heterocycles. The lowest BCUT2D eigenvalue weighted by Crippen LogP contribution is -2.27. The van der Waals surface area contributed by atoms with E-state index in [0.29, 0.717) is 70.1 Å². The summed E-state index contributed by atoms with van der Waals surface area (Å²) in [6.45, 7) is 3.61. The second kappa shape index (κ2) is 14.1. The van der Waals surface area contributed by atoms with Gasteiger partial charge in [0.2, 0.25) is 0 Å². The van der Waals surface area contributed by atoms with Crippen LogP contribution in [-0.4, -0.2) is 88.5 Å². The molecule has 0 bridgehead atoms. The van der Waals surface area contributed by atoms with Crippen molar-refractivity contribution in [3.63, 3.8) is 0 Å². The van der Waals surface area contributed by atoms with E-state index in [0.717, 1.165) is 59.1 Å². The van der Waals surface area contributed by atoms with Crippen LogP contribution in [0.4, 0.5) is 19.6 Å². The van der Waals surface area contributed by atoms with Crippen molar-refractivity contribution in [1.82, 2.24) is 29.5 Å². The number of hydrogen-bond acceptors (Lipinski definition) is 11. The number of hydrogen-bond donors (Lipinski definition) is 1. The number of ether oxygens (including phenoxy) is 1. The number of halogens is 3. The number of fused-ring (bicyclic) bond motifs is 4. The summed E-state index contributed by atoms with van der Waals surface area (Å²) in [5, 5.41) is 15.5. The van der Waals surface area contributed by atoms with Crippen molar-refractivity contribution in [1.29, 1.82) is 5.26 Å². The first-order valence-electron chi connectivity index (χ1n) is 16.6. The van der Waals surface area contributed by atoms with Crippen molar-refractivity contribution in [2.24, 2.45) is 0 Å². The molecule has 3 atom stereocenters. The highest BCUT2D eigenvalue weighted by molar-refractivity contribution is 7.98. The highest BCUT2D eigenvalue weighted by atomic mass is 35.5. The Labute approximate surface area is 302 Å². The lowest BCUT2D eigenvalue weighted by molar-refractivity contribution is 0.0821. The van der Waals surface area contributed by atoms with Crippen LogP contribution in [0.2, 0.25) is 5.02 Å². The summed E-state index contributed by atoms with van der Waals surface area (Å²) in [5.41, 5.74) is 10.1. The third-order valence-corrected chi connectivity index (χ3v) is 12.6. The van der Waals surface area contributed by atoms with E-state index < -0.39 is 6.17 Å². The van der Waals surface area contributed by atoms with Gasteiger partial charge in [0.15, 0.2) is 5.69 Å². The third kappa shape index (κ3) is 6.35. The van der Waals surface area contributed by atoms with Crippen molar-refractivity contribution in [2.75, 3.05) is 51.5 Å². The van der Waals surface area contributed by atoms with Crippen LogP contribution in [0.25, 0.3) is 10.1 Å². The number of methoxy groups -OCH3 is 1. The zero-order chi connectivity index (χ0) is 35.3. The minimum Gasteiger partial charge on any atom is -0.467 e. The van der Waals surface area contributed by atoms with Gasteiger partial charge in [0.1, 0.15) is 28.9 Å². The van der Waals surface area contributed by atoms with Crippen LogP contribution in [0.3, 0.4) is 0 Å². The molecular formula is C34H38ClF2N9O2S2. The number of carbonyl (C=O) groups excluding carboxylic acids is 1. The fourth-order valence-electron chi connectivity index (χ4n) is 7.41. The Balaban J connectivity index is 0.000000375. The molecule has 2 fully saturated rings. The molecule has 2 saturated heterocycles. The van der Waals surface area contributed by atoms with E-state index in [1.165, 1.54) is 30.9 Å². The number of nitrogen functional groups attached to an aromatic ring is 1. The summed E-state index contributed by atoms with van der Waals surface area (Å²) < 4.78 is 35.0. The van der Waals surface area contributed by atoms with Crippen LogP contribution >= 0.6 is 34.7 Å². The largest absolute Gasteiger partial charge is 0.467 e. The minimum atomic E-state index is -0.518. The molecular weight excluding hydrogens is 704 g/mol. The highest BCUT2D eigenvalue weighted by Gasteiger charge is 2.35. The van der Waals surface area contributed by atoms with Gasteiger partial charge in [-0.1, -0.05) is 17.7 Å². The van der Waals surface area contributed by atoms with Crippen molar-refractivity contribution in [3.8, 4) is 12.1 Å². The second-order valence-corrected chi connectivity index (χ2v) is 15.8. The molecule has 0 saturated carbocycles. The zero-order valence-corrected chi connectivity index (χ0v) is 30.5. The first kappa shape index (κ1) is 34.7. The predicted octanol–water partition coefficient (Wildman–Crippen LogP) is 5.98. The average Bonchev–Trinajstić information content (AvgIpc) is 3.82. The van der Waals surface area contributed by atoms with E-state index in [1.54, 1.807) is 31.9 Å². The van der Waals surface area contributed by atoms with Gasteiger partial charge in [-0.15, -0.1) is 23.1 Å². The molecule has 4 aromatic rings. The third-order valence-electron chi connectivity index (χ3n) is 9.85. The van der Waals surface area contributed by atoms with E-state index in [2.05, 4.69) is 21.0 Å². The summed E-state index contributed by atoms with van der Waals surface area (Å²) in [6, 6.07) is 6.21. The van der Waals surface area contributed by atoms with E-state index in [4.69, 9.17) is 32.0 Å². The van der Waals surface area contributed by atoms with Gasteiger partial charge in [0.25, 0.3) is 5.91 Å². The summed E-state index contributed by atoms with van der Waals surface area (Å²) in [7, 11) is 4.88. The average molecular weight is 742 g/mol. The van der Waals surface area contributed by atoms with Gasteiger partial charge in [-0.25, -0.2) is 8.78 Å². The maximum absolute atomic E-state index is 14.7. The lowest BCUT2D eigenvalue weighted by Gasteiger charge is -2.30. The Bertz CT molecular complexity index is 1990. The van der Waals surface area contributed by atoms with Crippen LogP contribution < -0.4 is 15.4 Å². The molecule has 0 spiro atoms. The number of benzene rings is 1. The maximum atomic E-state index is 14.7. The van der Waals surface area contributed by atoms with Crippen molar-refractivity contribution >= 4 is 61.5 Å². The molecule has 2 N–H and O–H groups in total. The Hall–Kier alpha value is -3.71. The Morgan fingerprint density at radius 3 is 2.78 bits per heavy atom. The first-order chi connectivity index (χ1) is 24.1. The van der Waals surface area contributed by atoms with Crippen LogP contribution in [-0.2, 0) is 25.3 Å². The van der Waals surface area contributed by atoms with Gasteiger partial charge in [-0.3, -0.25) is 14.4 Å². The molecule has 16 heteroatoms. The second-order valence-electron chi connectivity index (χ2n) is 13.2. The van der Waals surface area contributed by atoms with Gasteiger partial charge in [0, 0.05) is 68.1 Å². The zero-order valence-electron chi connectivity index (χ0n) is 28.1. The van der Waals surface area contributed by atoms with Gasteiger partial charge in [-0.2, -0.15) is 20.3 Å². The minimum absolute atomic E-state index is 0.0706. The number of nitrogens with zero attached hydrogens (tertiary/aromatic N) is 8. The van der Waals surface area contributed by atoms with Gasteiger partial charge >= 0.3 is 6.01 Å². The molecule has 1 amide bonds. The Morgan fingerprint density at radius 2 is 2.04 bits per heavy atom. The first-order valence-corrected chi connectivity index (χ1v) is 18.9. The Kier molecular flexibility index (Phi) is 9.81. The number of aromatic nitrogens is 4. The summed E-state index contributed by atoms with van der Waals surface area (Å²) in [6.07, 6.45) is 4.14. The van der Waals surface area contributed by atoms with E-state index in [-0.39, 0.29) is 28.7 Å². The highest BCUT2D eigenvalue weighted by Crippen LogP contribution is 2.48. The summed E-state index contributed by atoms with van der Waals surface area (Å²) in [5.74, 6) is 0.732. The van der Waals surface area contributed by atoms with Crippen LogP contribution in [0.15, 0.2) is 12.1 Å². The SMILES string of the molecule is COc1nc2c(c(N3CCCn4nc(C(=O)N(C)C)c(Cl)c4C3)n1)CSC(c1ccc(F)c3sc(N)c(C#N)c13)C2.FC1CC2CCCN2C1. The normalized spacial score (nSPS) is 21.5. The van der Waals surface area contributed by atoms with Crippen LogP contribution in [0.5, 0.6) is 6.01 Å². The maximum Gasteiger partial charge on any atom is 0.318 e. The van der Waals surface area contributed by atoms with Crippen LogP contribution in [0.1, 0.15) is 69.5 Å². The van der Waals surface area contributed by atoms with E-state index >= 15 is 0 Å². The monoisotopic (exact) mass is 741 g/mol. The Morgan fingerprint density at radius 1 is 1.22 bits per heavy atom. The molecule has 11 nitrogen and oxygen atoms in total. The molecule has 3 aromatic heterocycles. The lowest BCUT2D eigenvalue weighted by atomic mass is 9.98. The quantitative estimate of drug-likeness (QED) is 0.267. The number of rotatable bonds is 4. The number of amides is 1. The number of aryl methyl sites for hydroxylation is 1. The molecule has 50 heavy (non-hydrogen) atoms. The predicted molar refractivity (Wildman–Crippen MR) is 192 cm³/mol. The van der Waals surface area contributed by atoms with Gasteiger partial charge in [0.05, 0.1) is 40.3 Å². The molecule has 264 valence electrons. The number of alkyl halides is 1. The van der Waals surface area contributed by atoms with E-state index in [1.807, 2.05) is 4.68 Å².